The normalized spacial score (nSPS) is 16.3. The van der Waals surface area contributed by atoms with Gasteiger partial charge >= 0.3 is 5.69 Å². The Kier molecular flexibility index (Phi) is 5.03. The molecule has 9 heteroatoms. The molecule has 0 saturated carbocycles. The number of hydrogen-bond donors (Lipinski definition) is 0. The van der Waals surface area contributed by atoms with E-state index in [9.17, 15) is 17.6 Å². The highest BCUT2D eigenvalue weighted by Crippen LogP contribution is 2.22. The van der Waals surface area contributed by atoms with Crippen molar-refractivity contribution in [2.45, 2.75) is 37.1 Å². The number of rotatable bonds is 4. The predicted molar refractivity (Wildman–Crippen MR) is 102 cm³/mol. The number of fused-ring (bicyclic) bond motifs is 1. The van der Waals surface area contributed by atoms with Crippen LogP contribution in [-0.2, 0) is 16.6 Å². The molecular weight excluding hydrogens is 383 g/mol. The third-order valence-corrected chi connectivity index (χ3v) is 6.92. The highest BCUT2D eigenvalue weighted by molar-refractivity contribution is 7.89. The quantitative estimate of drug-likeness (QED) is 0.668. The molecule has 0 amide bonds. The minimum Gasteiger partial charge on any atom is -0.249 e. The summed E-state index contributed by atoms with van der Waals surface area (Å²) in [5.41, 5.74) is 0.370. The monoisotopic (exact) mass is 404 g/mol. The van der Waals surface area contributed by atoms with Crippen LogP contribution in [0.4, 0.5) is 4.39 Å². The number of nitrogens with zero attached hydrogens (tertiary/aromatic N) is 4. The summed E-state index contributed by atoms with van der Waals surface area (Å²) in [5.74, 6) is -0.364. The second kappa shape index (κ2) is 7.48. The van der Waals surface area contributed by atoms with E-state index in [1.807, 2.05) is 0 Å². The minimum atomic E-state index is -3.75. The van der Waals surface area contributed by atoms with E-state index in [0.717, 1.165) is 25.7 Å². The third kappa shape index (κ3) is 3.47. The standard InChI is InChI=1S/C19H21FN4O3S/c20-16-9-7-15(8-10-16)14-24-19(25)23-13-5-6-17(18(23)21-24)28(26,27)22-11-3-1-2-4-12-22/h5-10,13H,1-4,11-12,14H2. The van der Waals surface area contributed by atoms with Gasteiger partial charge in [-0.15, -0.1) is 5.10 Å². The maximum absolute atomic E-state index is 13.2. The SMILES string of the molecule is O=c1n(Cc2ccc(F)cc2)nc2c(S(=O)(=O)N3CCCCCC3)cccn12. The van der Waals surface area contributed by atoms with E-state index < -0.39 is 15.7 Å². The van der Waals surface area contributed by atoms with Crippen molar-refractivity contribution in [1.29, 1.82) is 0 Å². The molecule has 1 aliphatic rings. The van der Waals surface area contributed by atoms with Gasteiger partial charge in [0.05, 0.1) is 6.54 Å². The Balaban J connectivity index is 1.76. The van der Waals surface area contributed by atoms with Gasteiger partial charge in [0.15, 0.2) is 5.65 Å². The van der Waals surface area contributed by atoms with Crippen LogP contribution >= 0.6 is 0 Å². The van der Waals surface area contributed by atoms with Crippen LogP contribution in [0.5, 0.6) is 0 Å². The lowest BCUT2D eigenvalue weighted by atomic mass is 10.2. The highest BCUT2D eigenvalue weighted by atomic mass is 32.2. The minimum absolute atomic E-state index is 0.0341. The van der Waals surface area contributed by atoms with Crippen molar-refractivity contribution in [2.24, 2.45) is 0 Å². The highest BCUT2D eigenvalue weighted by Gasteiger charge is 2.28. The van der Waals surface area contributed by atoms with Gasteiger partial charge in [-0.05, 0) is 42.7 Å². The number of sulfonamides is 1. The number of hydrogen-bond acceptors (Lipinski definition) is 4. The largest absolute Gasteiger partial charge is 0.350 e. The van der Waals surface area contributed by atoms with Gasteiger partial charge in [-0.3, -0.25) is 0 Å². The van der Waals surface area contributed by atoms with E-state index >= 15 is 0 Å². The summed E-state index contributed by atoms with van der Waals surface area (Å²) in [6.45, 7) is 1.08. The molecule has 3 aromatic rings. The van der Waals surface area contributed by atoms with Crippen molar-refractivity contribution in [3.8, 4) is 0 Å². The van der Waals surface area contributed by atoms with Crippen LogP contribution < -0.4 is 5.69 Å². The Morgan fingerprint density at radius 1 is 1.00 bits per heavy atom. The first-order valence-corrected chi connectivity index (χ1v) is 10.7. The molecule has 1 aliphatic heterocycles. The first-order valence-electron chi connectivity index (χ1n) is 9.29. The fourth-order valence-electron chi connectivity index (χ4n) is 3.50. The lowest BCUT2D eigenvalue weighted by Gasteiger charge is -2.19. The lowest BCUT2D eigenvalue weighted by molar-refractivity contribution is 0.424. The average Bonchev–Trinajstić information content (AvgIpc) is 2.87. The number of aromatic nitrogens is 3. The molecule has 4 rings (SSSR count). The topological polar surface area (TPSA) is 76.7 Å². The molecule has 0 N–H and O–H groups in total. The molecule has 0 unspecified atom stereocenters. The van der Waals surface area contributed by atoms with E-state index in [1.54, 1.807) is 18.2 Å². The van der Waals surface area contributed by atoms with E-state index in [1.165, 1.54) is 37.8 Å². The summed E-state index contributed by atoms with van der Waals surface area (Å²) >= 11 is 0. The van der Waals surface area contributed by atoms with Crippen molar-refractivity contribution >= 4 is 15.7 Å². The molecule has 28 heavy (non-hydrogen) atoms. The second-order valence-corrected chi connectivity index (χ2v) is 8.86. The molecule has 1 saturated heterocycles. The first kappa shape index (κ1) is 18.8. The maximum atomic E-state index is 13.2. The number of pyridine rings is 1. The predicted octanol–water partition coefficient (Wildman–Crippen LogP) is 2.25. The van der Waals surface area contributed by atoms with E-state index in [-0.39, 0.29) is 22.9 Å². The van der Waals surface area contributed by atoms with Crippen LogP contribution in [0.25, 0.3) is 5.65 Å². The van der Waals surface area contributed by atoms with Crippen LogP contribution in [-0.4, -0.2) is 40.0 Å². The van der Waals surface area contributed by atoms with E-state index in [4.69, 9.17) is 0 Å². The molecular formula is C19H21FN4O3S. The summed E-state index contributed by atoms with van der Waals surface area (Å²) in [7, 11) is -3.75. The smallest absolute Gasteiger partial charge is 0.249 e. The fourth-order valence-corrected chi connectivity index (χ4v) is 5.14. The second-order valence-electron chi connectivity index (χ2n) is 6.95. The Bertz CT molecular complexity index is 1140. The van der Waals surface area contributed by atoms with Crippen LogP contribution in [0.2, 0.25) is 0 Å². The Hall–Kier alpha value is -2.52. The van der Waals surface area contributed by atoms with Gasteiger partial charge in [0.2, 0.25) is 10.0 Å². The summed E-state index contributed by atoms with van der Waals surface area (Å²) in [6, 6.07) is 8.80. The number of halogens is 1. The van der Waals surface area contributed by atoms with Crippen LogP contribution in [0.3, 0.4) is 0 Å². The van der Waals surface area contributed by atoms with Crippen molar-refractivity contribution in [1.82, 2.24) is 18.5 Å². The summed E-state index contributed by atoms with van der Waals surface area (Å²) in [6.07, 6.45) is 5.19. The van der Waals surface area contributed by atoms with Crippen LogP contribution in [0.1, 0.15) is 31.2 Å². The fraction of sp³-hybridized carbons (Fsp3) is 0.368. The van der Waals surface area contributed by atoms with Gasteiger partial charge in [-0.1, -0.05) is 25.0 Å². The van der Waals surface area contributed by atoms with Gasteiger partial charge in [0, 0.05) is 19.3 Å². The molecule has 3 heterocycles. The third-order valence-electron chi connectivity index (χ3n) is 5.00. The summed E-state index contributed by atoms with van der Waals surface area (Å²) < 4.78 is 43.4. The maximum Gasteiger partial charge on any atom is 0.350 e. The van der Waals surface area contributed by atoms with Gasteiger partial charge in [0.1, 0.15) is 10.7 Å². The van der Waals surface area contributed by atoms with Gasteiger partial charge in [-0.25, -0.2) is 26.7 Å². The summed E-state index contributed by atoms with van der Waals surface area (Å²) in [5, 5.41) is 4.28. The molecule has 7 nitrogen and oxygen atoms in total. The molecule has 148 valence electrons. The van der Waals surface area contributed by atoms with Gasteiger partial charge < -0.3 is 0 Å². The Morgan fingerprint density at radius 2 is 1.68 bits per heavy atom. The molecule has 0 radical (unpaired) electrons. The molecule has 0 bridgehead atoms. The number of benzene rings is 1. The molecule has 1 fully saturated rings. The lowest BCUT2D eigenvalue weighted by Crippen LogP contribution is -2.32. The average molecular weight is 404 g/mol. The molecule has 0 atom stereocenters. The zero-order valence-electron chi connectivity index (χ0n) is 15.3. The molecule has 1 aromatic carbocycles. The summed E-state index contributed by atoms with van der Waals surface area (Å²) in [4.78, 5) is 12.7. The zero-order chi connectivity index (χ0) is 19.7. The van der Waals surface area contributed by atoms with Crippen molar-refractivity contribution in [3.05, 3.63) is 64.5 Å². The zero-order valence-corrected chi connectivity index (χ0v) is 16.1. The molecule has 0 aliphatic carbocycles. The van der Waals surface area contributed by atoms with E-state index in [0.29, 0.717) is 18.7 Å². The molecule has 2 aromatic heterocycles. The van der Waals surface area contributed by atoms with Crippen LogP contribution in [0, 0.1) is 5.82 Å². The van der Waals surface area contributed by atoms with Crippen molar-refractivity contribution in [3.63, 3.8) is 0 Å². The van der Waals surface area contributed by atoms with Crippen molar-refractivity contribution < 1.29 is 12.8 Å². The first-order chi connectivity index (χ1) is 13.5. The van der Waals surface area contributed by atoms with Gasteiger partial charge in [0.25, 0.3) is 0 Å². The van der Waals surface area contributed by atoms with Gasteiger partial charge in [-0.2, -0.15) is 4.31 Å². The Morgan fingerprint density at radius 3 is 2.36 bits per heavy atom. The molecule has 0 spiro atoms. The van der Waals surface area contributed by atoms with Crippen LogP contribution in [0.15, 0.2) is 52.3 Å². The van der Waals surface area contributed by atoms with E-state index in [2.05, 4.69) is 5.10 Å². The van der Waals surface area contributed by atoms with Crippen molar-refractivity contribution in [2.75, 3.05) is 13.1 Å². The Labute approximate surface area is 162 Å².